The van der Waals surface area contributed by atoms with Crippen molar-refractivity contribution in [3.8, 4) is 0 Å². The Balaban J connectivity index is 1.34. The van der Waals surface area contributed by atoms with Crippen LogP contribution in [0.4, 0.5) is 0 Å². The monoisotopic (exact) mass is 327 g/mol. The molecule has 0 spiro atoms. The van der Waals surface area contributed by atoms with Crippen molar-refractivity contribution < 1.29 is 9.47 Å². The molecule has 0 bridgehead atoms. The number of hydrogen-bond donors (Lipinski definition) is 0. The van der Waals surface area contributed by atoms with Crippen molar-refractivity contribution in [3.63, 3.8) is 0 Å². The number of ether oxygens (including phenoxy) is 2. The second-order valence-electron chi connectivity index (χ2n) is 5.59. The largest absolute Gasteiger partial charge is 0.350 e. The fourth-order valence-corrected chi connectivity index (χ4v) is 3.96. The third-order valence-electron chi connectivity index (χ3n) is 4.15. The van der Waals surface area contributed by atoms with E-state index < -0.39 is 0 Å². The summed E-state index contributed by atoms with van der Waals surface area (Å²) in [5, 5.41) is 0.803. The molecule has 3 rings (SSSR count). The first-order valence-corrected chi connectivity index (χ1v) is 9.01. The molecule has 116 valence electrons. The summed E-state index contributed by atoms with van der Waals surface area (Å²) in [6.07, 6.45) is 2.45. The maximum absolute atomic E-state index is 5.90. The van der Waals surface area contributed by atoms with E-state index in [1.54, 1.807) is 0 Å². The molecule has 1 aromatic carbocycles. The summed E-state index contributed by atoms with van der Waals surface area (Å²) < 4.78 is 11.2. The second-order valence-corrected chi connectivity index (χ2v) is 7.20. The SMILES string of the molecule is Clc1ccc(SCCN2CCC(C3OCCO3)CC2)cc1. The van der Waals surface area contributed by atoms with Gasteiger partial charge < -0.3 is 14.4 Å². The van der Waals surface area contributed by atoms with E-state index in [2.05, 4.69) is 17.0 Å². The molecule has 0 N–H and O–H groups in total. The van der Waals surface area contributed by atoms with E-state index in [1.807, 2.05) is 23.9 Å². The molecule has 0 aromatic heterocycles. The van der Waals surface area contributed by atoms with Gasteiger partial charge in [0.2, 0.25) is 0 Å². The summed E-state index contributed by atoms with van der Waals surface area (Å²) in [6.45, 7) is 5.00. The van der Waals surface area contributed by atoms with Crippen LogP contribution in [0.2, 0.25) is 5.02 Å². The Labute approximate surface area is 135 Å². The Kier molecular flexibility index (Phi) is 5.83. The van der Waals surface area contributed by atoms with Crippen molar-refractivity contribution >= 4 is 23.4 Å². The molecular weight excluding hydrogens is 306 g/mol. The molecule has 5 heteroatoms. The van der Waals surface area contributed by atoms with Gasteiger partial charge in [0.1, 0.15) is 0 Å². The minimum absolute atomic E-state index is 0.0654. The highest BCUT2D eigenvalue weighted by Crippen LogP contribution is 2.26. The Bertz CT molecular complexity index is 428. The topological polar surface area (TPSA) is 21.7 Å². The Morgan fingerprint density at radius 2 is 1.76 bits per heavy atom. The molecule has 2 saturated heterocycles. The number of thioether (sulfide) groups is 1. The van der Waals surface area contributed by atoms with Gasteiger partial charge in [-0.2, -0.15) is 0 Å². The number of halogens is 1. The summed E-state index contributed by atoms with van der Waals surface area (Å²) in [5.74, 6) is 1.72. The Hall–Kier alpha value is -0.260. The predicted molar refractivity (Wildman–Crippen MR) is 87.0 cm³/mol. The molecule has 2 heterocycles. The van der Waals surface area contributed by atoms with Crippen LogP contribution >= 0.6 is 23.4 Å². The zero-order valence-electron chi connectivity index (χ0n) is 12.2. The number of likely N-dealkylation sites (tertiary alicyclic amines) is 1. The Morgan fingerprint density at radius 3 is 2.43 bits per heavy atom. The number of benzene rings is 1. The minimum Gasteiger partial charge on any atom is -0.350 e. The molecule has 3 nitrogen and oxygen atoms in total. The molecule has 1 aromatic rings. The summed E-state index contributed by atoms with van der Waals surface area (Å²) in [7, 11) is 0. The standard InChI is InChI=1S/C16H22ClNO2S/c17-14-1-3-15(4-2-14)21-12-9-18-7-5-13(6-8-18)16-19-10-11-20-16/h1-4,13,16H,5-12H2. The van der Waals surface area contributed by atoms with Crippen LogP contribution < -0.4 is 0 Å². The van der Waals surface area contributed by atoms with Gasteiger partial charge >= 0.3 is 0 Å². The molecule has 0 saturated carbocycles. The molecule has 0 aliphatic carbocycles. The van der Waals surface area contributed by atoms with Crippen molar-refractivity contribution in [2.24, 2.45) is 5.92 Å². The molecule has 2 aliphatic heterocycles. The lowest BCUT2D eigenvalue weighted by atomic mass is 9.96. The van der Waals surface area contributed by atoms with E-state index in [9.17, 15) is 0 Å². The first-order chi connectivity index (χ1) is 10.3. The first-order valence-electron chi connectivity index (χ1n) is 7.65. The van der Waals surface area contributed by atoms with E-state index in [0.29, 0.717) is 5.92 Å². The van der Waals surface area contributed by atoms with E-state index in [1.165, 1.54) is 17.7 Å². The highest BCUT2D eigenvalue weighted by molar-refractivity contribution is 7.99. The van der Waals surface area contributed by atoms with Crippen molar-refractivity contribution in [2.45, 2.75) is 24.0 Å². The third-order valence-corrected chi connectivity index (χ3v) is 5.40. The maximum Gasteiger partial charge on any atom is 0.160 e. The molecule has 21 heavy (non-hydrogen) atoms. The van der Waals surface area contributed by atoms with Crippen LogP contribution in [0.1, 0.15) is 12.8 Å². The van der Waals surface area contributed by atoms with E-state index in [0.717, 1.165) is 43.6 Å². The van der Waals surface area contributed by atoms with Crippen LogP contribution in [0.25, 0.3) is 0 Å². The molecular formula is C16H22ClNO2S. The molecule has 0 unspecified atom stereocenters. The smallest absolute Gasteiger partial charge is 0.160 e. The lowest BCUT2D eigenvalue weighted by Crippen LogP contribution is -2.39. The normalized spacial score (nSPS) is 22.0. The maximum atomic E-state index is 5.90. The lowest BCUT2D eigenvalue weighted by molar-refractivity contribution is -0.0970. The van der Waals surface area contributed by atoms with Crippen LogP contribution in [0.15, 0.2) is 29.2 Å². The minimum atomic E-state index is 0.0654. The zero-order valence-corrected chi connectivity index (χ0v) is 13.7. The van der Waals surface area contributed by atoms with Gasteiger partial charge in [-0.15, -0.1) is 11.8 Å². The summed E-state index contributed by atoms with van der Waals surface area (Å²) >= 11 is 7.80. The second kappa shape index (κ2) is 7.84. The van der Waals surface area contributed by atoms with Gasteiger partial charge in [0, 0.05) is 28.1 Å². The summed E-state index contributed by atoms with van der Waals surface area (Å²) in [4.78, 5) is 3.84. The van der Waals surface area contributed by atoms with Gasteiger partial charge in [0.05, 0.1) is 13.2 Å². The van der Waals surface area contributed by atoms with Gasteiger partial charge in [-0.25, -0.2) is 0 Å². The van der Waals surface area contributed by atoms with E-state index >= 15 is 0 Å². The average molecular weight is 328 g/mol. The number of hydrogen-bond acceptors (Lipinski definition) is 4. The van der Waals surface area contributed by atoms with Crippen LogP contribution in [-0.2, 0) is 9.47 Å². The van der Waals surface area contributed by atoms with Crippen molar-refractivity contribution in [1.29, 1.82) is 0 Å². The van der Waals surface area contributed by atoms with Crippen molar-refractivity contribution in [2.75, 3.05) is 38.6 Å². The highest BCUT2D eigenvalue weighted by atomic mass is 35.5. The van der Waals surface area contributed by atoms with Gasteiger partial charge in [0.25, 0.3) is 0 Å². The van der Waals surface area contributed by atoms with E-state index in [4.69, 9.17) is 21.1 Å². The number of nitrogens with zero attached hydrogens (tertiary/aromatic N) is 1. The molecule has 2 aliphatic rings. The average Bonchev–Trinajstić information content (AvgIpc) is 3.04. The van der Waals surface area contributed by atoms with E-state index in [-0.39, 0.29) is 6.29 Å². The van der Waals surface area contributed by atoms with Crippen molar-refractivity contribution in [3.05, 3.63) is 29.3 Å². The molecule has 2 fully saturated rings. The van der Waals surface area contributed by atoms with Gasteiger partial charge in [-0.3, -0.25) is 0 Å². The summed E-state index contributed by atoms with van der Waals surface area (Å²) in [6, 6.07) is 8.09. The highest BCUT2D eigenvalue weighted by Gasteiger charge is 2.30. The molecule has 0 atom stereocenters. The molecule has 0 amide bonds. The fourth-order valence-electron chi connectivity index (χ4n) is 2.92. The zero-order chi connectivity index (χ0) is 14.5. The molecule has 0 radical (unpaired) electrons. The van der Waals surface area contributed by atoms with Gasteiger partial charge in [-0.1, -0.05) is 11.6 Å². The summed E-state index contributed by atoms with van der Waals surface area (Å²) in [5.41, 5.74) is 0. The van der Waals surface area contributed by atoms with Crippen LogP contribution in [0.5, 0.6) is 0 Å². The van der Waals surface area contributed by atoms with Gasteiger partial charge in [0.15, 0.2) is 6.29 Å². The van der Waals surface area contributed by atoms with Crippen LogP contribution in [-0.4, -0.2) is 49.8 Å². The van der Waals surface area contributed by atoms with Crippen LogP contribution in [0, 0.1) is 5.92 Å². The Morgan fingerprint density at radius 1 is 1.10 bits per heavy atom. The lowest BCUT2D eigenvalue weighted by Gasteiger charge is -2.33. The van der Waals surface area contributed by atoms with Crippen molar-refractivity contribution in [1.82, 2.24) is 4.90 Å². The van der Waals surface area contributed by atoms with Crippen LogP contribution in [0.3, 0.4) is 0 Å². The number of rotatable bonds is 5. The van der Waals surface area contributed by atoms with Gasteiger partial charge in [-0.05, 0) is 50.2 Å². The third kappa shape index (κ3) is 4.60. The quantitative estimate of drug-likeness (QED) is 0.771. The first kappa shape index (κ1) is 15.6. The number of piperidine rings is 1. The fraction of sp³-hybridized carbons (Fsp3) is 0.625. The predicted octanol–water partition coefficient (Wildman–Crippen LogP) is 3.52.